The van der Waals surface area contributed by atoms with Gasteiger partial charge in [-0.15, -0.1) is 0 Å². The van der Waals surface area contributed by atoms with Gasteiger partial charge in [0, 0.05) is 105 Å². The average molecular weight is 1070 g/mol. The van der Waals surface area contributed by atoms with Gasteiger partial charge >= 0.3 is 0 Å². The van der Waals surface area contributed by atoms with Gasteiger partial charge in [0.1, 0.15) is 35.4 Å². The van der Waals surface area contributed by atoms with E-state index in [-0.39, 0.29) is 17.2 Å². The van der Waals surface area contributed by atoms with Crippen LogP contribution in [-0.4, -0.2) is 67.6 Å². The maximum absolute atomic E-state index is 11.7. The summed E-state index contributed by atoms with van der Waals surface area (Å²) < 4.78 is 0. The SMILES string of the molecule is CC(C)(C)c1cc(C#Cc2cc(C#Cc3cc(C=N[C@@H]4c5ccccc5C[C@@H]4O)c(O)c(C(C)(C)C)c3)cc(C#Cc3cc(C=N[C@@H]4c5ccccc5C[C@@H]4O)c(O)c(C(C)(C)C)c3)c2)cc(C=N[C@@H]2c3ccccc3C[C@@H]2O)c1O. The van der Waals surface area contributed by atoms with Gasteiger partial charge in [0.05, 0.1) is 18.3 Å². The van der Waals surface area contributed by atoms with Gasteiger partial charge in [-0.05, 0) is 104 Å². The van der Waals surface area contributed by atoms with Crippen molar-refractivity contribution < 1.29 is 30.6 Å². The smallest absolute Gasteiger partial charge is 0.128 e. The number of nitrogens with zero attached hydrogens (tertiary/aromatic N) is 3. The Balaban J connectivity index is 1.06. The molecule has 0 aliphatic heterocycles. The number of aromatic hydroxyl groups is 3. The maximum atomic E-state index is 11.7. The van der Waals surface area contributed by atoms with E-state index >= 15 is 0 Å². The largest absolute Gasteiger partial charge is 0.507 e. The van der Waals surface area contributed by atoms with Gasteiger partial charge in [-0.3, -0.25) is 15.0 Å². The molecule has 3 aliphatic rings. The third-order valence-electron chi connectivity index (χ3n) is 15.5. The second-order valence-electron chi connectivity index (χ2n) is 24.8. The predicted molar refractivity (Wildman–Crippen MR) is 324 cm³/mol. The predicted octanol–water partition coefficient (Wildman–Crippen LogP) is 12.1. The Morgan fingerprint density at radius 3 is 0.840 bits per heavy atom. The highest BCUT2D eigenvalue weighted by molar-refractivity contribution is 5.87. The van der Waals surface area contributed by atoms with Gasteiger partial charge in [0.25, 0.3) is 0 Å². The Bertz CT molecular complexity index is 3490. The lowest BCUT2D eigenvalue weighted by Gasteiger charge is -2.22. The lowest BCUT2D eigenvalue weighted by atomic mass is 9.84. The summed E-state index contributed by atoms with van der Waals surface area (Å²) in [4.78, 5) is 14.5. The van der Waals surface area contributed by atoms with E-state index in [1.807, 2.05) is 190 Å². The molecule has 0 heterocycles. The van der Waals surface area contributed by atoms with Crippen LogP contribution in [0.1, 0.15) is 181 Å². The van der Waals surface area contributed by atoms with E-state index in [4.69, 9.17) is 15.0 Å². The fourth-order valence-electron chi connectivity index (χ4n) is 11.2. The van der Waals surface area contributed by atoms with Crippen molar-refractivity contribution in [3.8, 4) is 52.8 Å². The lowest BCUT2D eigenvalue weighted by molar-refractivity contribution is 0.159. The number of aliphatic imine (C=N–C) groups is 3. The maximum Gasteiger partial charge on any atom is 0.128 e. The number of benzene rings is 7. The van der Waals surface area contributed by atoms with Crippen LogP contribution in [0.3, 0.4) is 0 Å². The van der Waals surface area contributed by atoms with Crippen LogP contribution in [0, 0.1) is 35.5 Å². The van der Waals surface area contributed by atoms with Gasteiger partial charge in [-0.1, -0.05) is 171 Å². The summed E-state index contributed by atoms with van der Waals surface area (Å²) in [5.74, 6) is 20.6. The molecule has 6 N–H and O–H groups in total. The summed E-state index contributed by atoms with van der Waals surface area (Å²) in [7, 11) is 0. The third kappa shape index (κ3) is 12.2. The Kier molecular flexibility index (Phi) is 15.3. The number of hydrogen-bond acceptors (Lipinski definition) is 9. The highest BCUT2D eigenvalue weighted by atomic mass is 16.3. The molecular weight excluding hydrogens is 1000 g/mol. The van der Waals surface area contributed by atoms with Crippen LogP contribution in [0.2, 0.25) is 0 Å². The molecule has 9 nitrogen and oxygen atoms in total. The summed E-state index contributed by atoms with van der Waals surface area (Å²) in [6.45, 7) is 18.3. The molecule has 0 bridgehead atoms. The van der Waals surface area contributed by atoms with Gasteiger partial charge in [0.15, 0.2) is 0 Å². The lowest BCUT2D eigenvalue weighted by Crippen LogP contribution is -2.13. The van der Waals surface area contributed by atoms with E-state index in [0.29, 0.717) is 86.0 Å². The number of fused-ring (bicyclic) bond motifs is 3. The van der Waals surface area contributed by atoms with E-state index in [9.17, 15) is 30.6 Å². The molecule has 3 aliphatic carbocycles. The fourth-order valence-corrected chi connectivity index (χ4v) is 11.2. The van der Waals surface area contributed by atoms with Crippen molar-refractivity contribution in [3.05, 3.63) is 228 Å². The second kappa shape index (κ2) is 22.2. The van der Waals surface area contributed by atoms with E-state index < -0.39 is 52.7 Å². The molecule has 0 radical (unpaired) electrons. The highest BCUT2D eigenvalue weighted by Crippen LogP contribution is 2.41. The summed E-state index contributed by atoms with van der Waals surface area (Å²) in [5, 5.41) is 68.1. The Morgan fingerprint density at radius 2 is 0.593 bits per heavy atom. The van der Waals surface area contributed by atoms with Crippen LogP contribution >= 0.6 is 0 Å². The van der Waals surface area contributed by atoms with Gasteiger partial charge in [-0.2, -0.15) is 0 Å². The van der Waals surface area contributed by atoms with E-state index in [2.05, 4.69) is 35.5 Å². The number of hydrogen-bond donors (Lipinski definition) is 6. The molecule has 6 atom stereocenters. The molecule has 0 saturated heterocycles. The molecule has 0 unspecified atom stereocenters. The molecule has 0 fully saturated rings. The third-order valence-corrected chi connectivity index (χ3v) is 15.5. The van der Waals surface area contributed by atoms with E-state index in [1.54, 1.807) is 18.6 Å². The molecule has 0 saturated carbocycles. The van der Waals surface area contributed by atoms with Crippen LogP contribution < -0.4 is 0 Å². The van der Waals surface area contributed by atoms with Crippen molar-refractivity contribution in [2.75, 3.05) is 0 Å². The van der Waals surface area contributed by atoms with Crippen LogP contribution in [-0.2, 0) is 35.5 Å². The number of aliphatic hydroxyl groups excluding tert-OH is 3. The summed E-state index contributed by atoms with van der Waals surface area (Å²) in [5.41, 5.74) is 12.1. The fraction of sp³-hybridized carbons (Fsp3) is 0.292. The Morgan fingerprint density at radius 1 is 0.358 bits per heavy atom. The Hall–Kier alpha value is -8.49. The zero-order valence-electron chi connectivity index (χ0n) is 47.5. The van der Waals surface area contributed by atoms with Crippen molar-refractivity contribution in [1.82, 2.24) is 0 Å². The normalized spacial score (nSPS) is 19.4. The van der Waals surface area contributed by atoms with Crippen LogP contribution in [0.25, 0.3) is 0 Å². The first-order valence-electron chi connectivity index (χ1n) is 27.7. The van der Waals surface area contributed by atoms with Gasteiger partial charge in [-0.25, -0.2) is 0 Å². The molecule has 7 aromatic carbocycles. The topological polar surface area (TPSA) is 158 Å². The first-order chi connectivity index (χ1) is 38.5. The second-order valence-corrected chi connectivity index (χ2v) is 24.8. The standard InChI is InChI=1S/C72H69N3O6/c1-70(2,3)58-34-46(31-52(67(58)79)40-73-64-55-19-13-10-16-49(55)37-61(64)76)25-22-43-28-44(23-26-47-32-53(68(80)59(35-47)71(4,5)6)41-74-65-56-20-14-11-17-50(56)38-62(65)77)30-45(29-43)24-27-48-33-54(69(81)60(36-48)72(7,8)9)42-75-66-57-21-15-12-18-51(57)39-63(66)78/h10-21,28-36,40-42,61-66,76-81H,37-39H2,1-9H3/t61-,62-,63-,64+,65+,66+/m0/s1. The van der Waals surface area contributed by atoms with Crippen LogP contribution in [0.15, 0.2) is 142 Å². The Labute approximate surface area is 476 Å². The minimum Gasteiger partial charge on any atom is -0.507 e. The highest BCUT2D eigenvalue weighted by Gasteiger charge is 2.33. The first kappa shape index (κ1) is 55.8. The number of rotatable bonds is 6. The van der Waals surface area contributed by atoms with Crippen LogP contribution in [0.4, 0.5) is 0 Å². The molecular formula is C72H69N3O6. The molecule has 9 heteroatoms. The quantitative estimate of drug-likeness (QED) is 0.0719. The first-order valence-corrected chi connectivity index (χ1v) is 27.7. The number of phenols is 3. The molecule has 81 heavy (non-hydrogen) atoms. The van der Waals surface area contributed by atoms with Gasteiger partial charge < -0.3 is 30.6 Å². The minimum atomic E-state index is -0.680. The summed E-state index contributed by atoms with van der Waals surface area (Å²) >= 11 is 0. The molecule has 0 aromatic heterocycles. The number of phenolic OH excluding ortho intramolecular Hbond substituents is 3. The van der Waals surface area contributed by atoms with Crippen molar-refractivity contribution in [2.24, 2.45) is 15.0 Å². The van der Waals surface area contributed by atoms with Crippen molar-refractivity contribution in [3.63, 3.8) is 0 Å². The molecule has 0 amide bonds. The summed E-state index contributed by atoms with van der Waals surface area (Å²) in [6, 6.07) is 39.2. The molecule has 408 valence electrons. The van der Waals surface area contributed by atoms with Gasteiger partial charge in [0.2, 0.25) is 0 Å². The molecule has 0 spiro atoms. The van der Waals surface area contributed by atoms with E-state index in [1.165, 1.54) is 0 Å². The number of aliphatic hydroxyl groups is 3. The van der Waals surface area contributed by atoms with Crippen molar-refractivity contribution >= 4 is 18.6 Å². The molecule has 7 aromatic rings. The van der Waals surface area contributed by atoms with Crippen LogP contribution in [0.5, 0.6) is 17.2 Å². The zero-order chi connectivity index (χ0) is 57.5. The minimum absolute atomic E-state index is 0.104. The van der Waals surface area contributed by atoms with E-state index in [0.717, 1.165) is 33.4 Å². The summed E-state index contributed by atoms with van der Waals surface area (Å²) in [6.07, 6.45) is 4.40. The van der Waals surface area contributed by atoms with Crippen molar-refractivity contribution in [1.29, 1.82) is 0 Å². The average Bonchev–Trinajstić information content (AvgIpc) is 4.10. The molecule has 10 rings (SSSR count). The van der Waals surface area contributed by atoms with Crippen molar-refractivity contribution in [2.45, 2.75) is 134 Å². The zero-order valence-corrected chi connectivity index (χ0v) is 47.5. The monoisotopic (exact) mass is 1070 g/mol.